The number of carbonyl (C=O) groups excluding carboxylic acids is 1. The van der Waals surface area contributed by atoms with Gasteiger partial charge in [-0.05, 0) is 29.8 Å². The minimum absolute atomic E-state index is 0.00638. The average molecular weight is 380 g/mol. The smallest absolute Gasteiger partial charge is 0.416 e. The van der Waals surface area contributed by atoms with Crippen LogP contribution < -0.4 is 0 Å². The van der Waals surface area contributed by atoms with Gasteiger partial charge in [0.15, 0.2) is 6.61 Å². The molecule has 0 atom stereocenters. The first-order chi connectivity index (χ1) is 11.9. The van der Waals surface area contributed by atoms with E-state index < -0.39 is 35.0 Å². The second-order valence-electron chi connectivity index (χ2n) is 5.00. The van der Waals surface area contributed by atoms with Crippen LogP contribution in [0.15, 0.2) is 28.7 Å². The van der Waals surface area contributed by atoms with Gasteiger partial charge in [-0.15, -0.1) is 10.2 Å². The van der Waals surface area contributed by atoms with Crippen molar-refractivity contribution in [1.29, 1.82) is 0 Å². The SMILES string of the molecule is Cc1nnc(COC(=O)/C=C\c2cc(C(F)(F)F)cc(C(F)(F)F)c2)o1. The molecular weight excluding hydrogens is 370 g/mol. The van der Waals surface area contributed by atoms with Gasteiger partial charge in [0, 0.05) is 13.0 Å². The summed E-state index contributed by atoms with van der Waals surface area (Å²) in [5.74, 6) is -0.787. The highest BCUT2D eigenvalue weighted by Crippen LogP contribution is 2.36. The molecule has 2 rings (SSSR count). The van der Waals surface area contributed by atoms with Gasteiger partial charge in [0.25, 0.3) is 5.89 Å². The van der Waals surface area contributed by atoms with Crippen LogP contribution in [0.5, 0.6) is 0 Å². The standard InChI is InChI=1S/C15H10F6N2O3/c1-8-22-23-12(26-8)7-25-13(24)3-2-9-4-10(14(16,17)18)6-11(5-9)15(19,20)21/h2-6H,7H2,1H3/b3-2-. The van der Waals surface area contributed by atoms with Gasteiger partial charge in [0.1, 0.15) is 0 Å². The molecule has 0 aliphatic heterocycles. The molecule has 140 valence electrons. The first kappa shape index (κ1) is 19.5. The quantitative estimate of drug-likeness (QED) is 0.453. The number of aryl methyl sites for hydroxylation is 1. The van der Waals surface area contributed by atoms with E-state index >= 15 is 0 Å². The predicted molar refractivity (Wildman–Crippen MR) is 74.3 cm³/mol. The fourth-order valence-electron chi connectivity index (χ4n) is 1.82. The van der Waals surface area contributed by atoms with Gasteiger partial charge in [-0.1, -0.05) is 0 Å². The van der Waals surface area contributed by atoms with E-state index in [1.807, 2.05) is 0 Å². The van der Waals surface area contributed by atoms with Crippen molar-refractivity contribution in [2.45, 2.75) is 25.9 Å². The molecule has 0 bridgehead atoms. The lowest BCUT2D eigenvalue weighted by molar-refractivity contribution is -0.143. The zero-order valence-electron chi connectivity index (χ0n) is 13.0. The highest BCUT2D eigenvalue weighted by molar-refractivity contribution is 5.87. The minimum Gasteiger partial charge on any atom is -0.452 e. The molecule has 26 heavy (non-hydrogen) atoms. The number of nitrogens with zero attached hydrogens (tertiary/aromatic N) is 2. The van der Waals surface area contributed by atoms with Crippen molar-refractivity contribution >= 4 is 12.0 Å². The molecule has 0 radical (unpaired) electrons. The topological polar surface area (TPSA) is 65.2 Å². The summed E-state index contributed by atoms with van der Waals surface area (Å²) in [7, 11) is 0. The molecule has 0 amide bonds. The maximum atomic E-state index is 12.7. The number of hydrogen-bond acceptors (Lipinski definition) is 5. The third-order valence-corrected chi connectivity index (χ3v) is 2.93. The summed E-state index contributed by atoms with van der Waals surface area (Å²) in [5.41, 5.74) is -3.43. The number of halogens is 6. The molecule has 0 saturated carbocycles. The largest absolute Gasteiger partial charge is 0.452 e. The number of ether oxygens (including phenoxy) is 1. The van der Waals surface area contributed by atoms with Gasteiger partial charge < -0.3 is 9.15 Å². The van der Waals surface area contributed by atoms with Crippen molar-refractivity contribution in [3.05, 3.63) is 52.7 Å². The Morgan fingerprint density at radius 2 is 1.65 bits per heavy atom. The molecule has 1 aromatic heterocycles. The zero-order chi connectivity index (χ0) is 19.5. The van der Waals surface area contributed by atoms with E-state index in [2.05, 4.69) is 10.2 Å². The number of rotatable bonds is 4. The molecule has 0 saturated heterocycles. The van der Waals surface area contributed by atoms with Crippen LogP contribution in [-0.2, 0) is 28.5 Å². The number of hydrogen-bond donors (Lipinski definition) is 0. The predicted octanol–water partition coefficient (Wildman–Crippen LogP) is 4.17. The van der Waals surface area contributed by atoms with Crippen LogP contribution in [-0.4, -0.2) is 16.2 Å². The number of esters is 1. The van der Waals surface area contributed by atoms with E-state index in [0.29, 0.717) is 18.2 Å². The van der Waals surface area contributed by atoms with E-state index in [1.165, 1.54) is 6.92 Å². The molecule has 0 spiro atoms. The number of aromatic nitrogens is 2. The number of benzene rings is 1. The summed E-state index contributed by atoms with van der Waals surface area (Å²) >= 11 is 0. The third kappa shape index (κ3) is 5.33. The van der Waals surface area contributed by atoms with Crippen molar-refractivity contribution in [3.63, 3.8) is 0 Å². The van der Waals surface area contributed by atoms with Crippen LogP contribution >= 0.6 is 0 Å². The average Bonchev–Trinajstić information content (AvgIpc) is 2.94. The highest BCUT2D eigenvalue weighted by Gasteiger charge is 2.36. The molecule has 5 nitrogen and oxygen atoms in total. The van der Waals surface area contributed by atoms with Crippen molar-refractivity contribution < 1.29 is 40.3 Å². The van der Waals surface area contributed by atoms with Gasteiger partial charge in [-0.25, -0.2) is 4.79 Å². The second kappa shape index (κ2) is 7.18. The number of alkyl halides is 6. The van der Waals surface area contributed by atoms with E-state index in [9.17, 15) is 31.1 Å². The van der Waals surface area contributed by atoms with E-state index in [4.69, 9.17) is 9.15 Å². The Kier molecular flexibility index (Phi) is 5.38. The molecule has 0 N–H and O–H groups in total. The van der Waals surface area contributed by atoms with Crippen molar-refractivity contribution in [1.82, 2.24) is 10.2 Å². The van der Waals surface area contributed by atoms with Gasteiger partial charge in [0.2, 0.25) is 5.89 Å². The lowest BCUT2D eigenvalue weighted by Gasteiger charge is -2.12. The Hall–Kier alpha value is -2.85. The summed E-state index contributed by atoms with van der Waals surface area (Å²) in [6.45, 7) is 1.12. The van der Waals surface area contributed by atoms with Gasteiger partial charge in [0.05, 0.1) is 11.1 Å². The summed E-state index contributed by atoms with van der Waals surface area (Å²) in [5, 5.41) is 7.03. The Morgan fingerprint density at radius 3 is 2.12 bits per heavy atom. The molecule has 11 heteroatoms. The Bertz CT molecular complexity index is 791. The monoisotopic (exact) mass is 380 g/mol. The van der Waals surface area contributed by atoms with E-state index in [1.54, 1.807) is 0 Å². The summed E-state index contributed by atoms with van der Waals surface area (Å²) < 4.78 is 86.1. The fraction of sp³-hybridized carbons (Fsp3) is 0.267. The highest BCUT2D eigenvalue weighted by atomic mass is 19.4. The Labute approximate surface area is 142 Å². The summed E-state index contributed by atoms with van der Waals surface area (Å²) in [6.07, 6.45) is -8.47. The fourth-order valence-corrected chi connectivity index (χ4v) is 1.82. The van der Waals surface area contributed by atoms with Crippen LogP contribution in [0.1, 0.15) is 28.5 Å². The minimum atomic E-state index is -4.97. The maximum Gasteiger partial charge on any atom is 0.416 e. The van der Waals surface area contributed by atoms with Crippen LogP contribution in [0.2, 0.25) is 0 Å². The van der Waals surface area contributed by atoms with Crippen LogP contribution in [0, 0.1) is 6.92 Å². The molecular formula is C15H10F6N2O3. The van der Waals surface area contributed by atoms with E-state index in [0.717, 1.165) is 6.08 Å². The zero-order valence-corrected chi connectivity index (χ0v) is 13.0. The molecule has 0 unspecified atom stereocenters. The molecule has 0 fully saturated rings. The lowest BCUT2D eigenvalue weighted by atomic mass is 10.0. The second-order valence-corrected chi connectivity index (χ2v) is 5.00. The first-order valence-electron chi connectivity index (χ1n) is 6.88. The van der Waals surface area contributed by atoms with Crippen LogP contribution in [0.4, 0.5) is 26.3 Å². The van der Waals surface area contributed by atoms with Crippen molar-refractivity contribution in [3.8, 4) is 0 Å². The van der Waals surface area contributed by atoms with Crippen molar-refractivity contribution in [2.24, 2.45) is 0 Å². The molecule has 0 aliphatic rings. The maximum absolute atomic E-state index is 12.7. The van der Waals surface area contributed by atoms with Gasteiger partial charge in [-0.2, -0.15) is 26.3 Å². The Balaban J connectivity index is 2.16. The molecule has 1 heterocycles. The number of carbonyl (C=O) groups is 1. The van der Waals surface area contributed by atoms with Crippen molar-refractivity contribution in [2.75, 3.05) is 0 Å². The third-order valence-electron chi connectivity index (χ3n) is 2.93. The molecule has 2 aromatic rings. The van der Waals surface area contributed by atoms with E-state index in [-0.39, 0.29) is 24.5 Å². The van der Waals surface area contributed by atoms with Crippen LogP contribution in [0.25, 0.3) is 6.08 Å². The van der Waals surface area contributed by atoms with Gasteiger partial charge >= 0.3 is 18.3 Å². The van der Waals surface area contributed by atoms with Crippen LogP contribution in [0.3, 0.4) is 0 Å². The van der Waals surface area contributed by atoms with Gasteiger partial charge in [-0.3, -0.25) is 0 Å². The first-order valence-corrected chi connectivity index (χ1v) is 6.88. The summed E-state index contributed by atoms with van der Waals surface area (Å²) in [4.78, 5) is 11.5. The lowest BCUT2D eigenvalue weighted by Crippen LogP contribution is -2.11. The normalized spacial score (nSPS) is 12.6. The summed E-state index contributed by atoms with van der Waals surface area (Å²) in [6, 6.07) is 0.967. The Morgan fingerprint density at radius 1 is 1.08 bits per heavy atom. The molecule has 0 aliphatic carbocycles. The molecule has 1 aromatic carbocycles.